The fourth-order valence-electron chi connectivity index (χ4n) is 1.74. The first-order valence-electron chi connectivity index (χ1n) is 5.33. The van der Waals surface area contributed by atoms with E-state index in [9.17, 15) is 0 Å². The maximum absolute atomic E-state index is 5.35. The molecule has 0 aliphatic carbocycles. The molecule has 0 bridgehead atoms. The third-order valence-electron chi connectivity index (χ3n) is 2.66. The van der Waals surface area contributed by atoms with Crippen LogP contribution in [0.4, 0.5) is 0 Å². The van der Waals surface area contributed by atoms with E-state index in [-0.39, 0.29) is 0 Å². The van der Waals surface area contributed by atoms with Gasteiger partial charge in [-0.25, -0.2) is 0 Å². The lowest BCUT2D eigenvalue weighted by Gasteiger charge is -2.13. The maximum Gasteiger partial charge on any atom is 0.130 e. The highest BCUT2D eigenvalue weighted by Crippen LogP contribution is 2.29. The minimum Gasteiger partial charge on any atom is -0.497 e. The summed E-state index contributed by atoms with van der Waals surface area (Å²) in [6.07, 6.45) is 0. The van der Waals surface area contributed by atoms with Gasteiger partial charge < -0.3 is 9.47 Å². The van der Waals surface area contributed by atoms with Gasteiger partial charge in [-0.2, -0.15) is 0 Å². The fourth-order valence-corrected chi connectivity index (χ4v) is 2.20. The third-order valence-corrected chi connectivity index (χ3v) is 3.25. The van der Waals surface area contributed by atoms with Crippen molar-refractivity contribution < 1.29 is 9.47 Å². The van der Waals surface area contributed by atoms with Crippen LogP contribution >= 0.6 is 9.24 Å². The van der Waals surface area contributed by atoms with Crippen LogP contribution in [0.2, 0.25) is 0 Å². The molecule has 0 radical (unpaired) electrons. The summed E-state index contributed by atoms with van der Waals surface area (Å²) in [7, 11) is 6.05. The summed E-state index contributed by atoms with van der Waals surface area (Å²) in [5.74, 6) is 1.61. The molecule has 0 aromatic heterocycles. The molecule has 2 aromatic rings. The van der Waals surface area contributed by atoms with Crippen molar-refractivity contribution in [3.05, 3.63) is 42.5 Å². The lowest BCUT2D eigenvalue weighted by Crippen LogP contribution is -2.03. The second kappa shape index (κ2) is 5.20. The Balaban J connectivity index is 2.60. The molecule has 17 heavy (non-hydrogen) atoms. The van der Waals surface area contributed by atoms with Crippen molar-refractivity contribution in [2.24, 2.45) is 0 Å². The quantitative estimate of drug-likeness (QED) is 0.775. The van der Waals surface area contributed by atoms with E-state index in [2.05, 4.69) is 21.4 Å². The monoisotopic (exact) mass is 246 g/mol. The molecule has 1 atom stereocenters. The van der Waals surface area contributed by atoms with Crippen LogP contribution in [0.3, 0.4) is 0 Å². The molecule has 88 valence electrons. The molecule has 0 heterocycles. The highest BCUT2D eigenvalue weighted by Gasteiger charge is 2.09. The van der Waals surface area contributed by atoms with Crippen LogP contribution in [0.15, 0.2) is 42.5 Å². The molecule has 2 aromatic carbocycles. The molecule has 0 N–H and O–H groups in total. The summed E-state index contributed by atoms with van der Waals surface area (Å²) < 4.78 is 10.6. The van der Waals surface area contributed by atoms with Crippen molar-refractivity contribution in [2.45, 2.75) is 0 Å². The van der Waals surface area contributed by atoms with Gasteiger partial charge in [-0.1, -0.05) is 30.3 Å². The minimum atomic E-state index is 0.798. The van der Waals surface area contributed by atoms with Crippen LogP contribution in [0.25, 0.3) is 11.1 Å². The van der Waals surface area contributed by atoms with E-state index in [1.807, 2.05) is 30.3 Å². The van der Waals surface area contributed by atoms with Crippen LogP contribution in [0.1, 0.15) is 0 Å². The predicted octanol–water partition coefficient (Wildman–Crippen LogP) is 2.87. The van der Waals surface area contributed by atoms with E-state index < -0.39 is 0 Å². The molecular formula is C14H15O2P. The van der Waals surface area contributed by atoms with Crippen LogP contribution in [0, 0.1) is 0 Å². The molecule has 0 saturated carbocycles. The van der Waals surface area contributed by atoms with Gasteiger partial charge in [-0.05, 0) is 17.2 Å². The number of rotatable bonds is 3. The van der Waals surface area contributed by atoms with Gasteiger partial charge in [0.2, 0.25) is 0 Å². The topological polar surface area (TPSA) is 18.5 Å². The zero-order chi connectivity index (χ0) is 12.3. The SMILES string of the molecule is COc1cc(OC)c(P)c(-c2ccccc2)c1. The van der Waals surface area contributed by atoms with E-state index in [0.717, 1.165) is 27.9 Å². The molecule has 0 saturated heterocycles. The molecular weight excluding hydrogens is 231 g/mol. The van der Waals surface area contributed by atoms with E-state index in [0.29, 0.717) is 0 Å². The number of ether oxygens (including phenoxy) is 2. The van der Waals surface area contributed by atoms with Crippen molar-refractivity contribution in [3.8, 4) is 22.6 Å². The Hall–Kier alpha value is -1.53. The molecule has 0 aliphatic rings. The molecule has 2 rings (SSSR count). The van der Waals surface area contributed by atoms with Gasteiger partial charge in [-0.3, -0.25) is 0 Å². The van der Waals surface area contributed by atoms with Gasteiger partial charge in [0.15, 0.2) is 0 Å². The lowest BCUT2D eigenvalue weighted by atomic mass is 10.0. The van der Waals surface area contributed by atoms with E-state index in [1.54, 1.807) is 14.2 Å². The fraction of sp³-hybridized carbons (Fsp3) is 0.143. The zero-order valence-corrected chi connectivity index (χ0v) is 11.1. The van der Waals surface area contributed by atoms with Crippen molar-refractivity contribution >= 4 is 14.5 Å². The predicted molar refractivity (Wildman–Crippen MR) is 74.3 cm³/mol. The average Bonchev–Trinajstić information content (AvgIpc) is 2.40. The summed E-state index contributed by atoms with van der Waals surface area (Å²) in [5.41, 5.74) is 2.25. The highest BCUT2D eigenvalue weighted by molar-refractivity contribution is 7.28. The van der Waals surface area contributed by atoms with Gasteiger partial charge in [-0.15, -0.1) is 9.24 Å². The van der Waals surface area contributed by atoms with Crippen molar-refractivity contribution in [2.75, 3.05) is 14.2 Å². The Morgan fingerprint density at radius 3 is 2.24 bits per heavy atom. The smallest absolute Gasteiger partial charge is 0.130 e. The Morgan fingerprint density at radius 1 is 0.941 bits per heavy atom. The summed E-state index contributed by atoms with van der Waals surface area (Å²) in [6.45, 7) is 0. The highest BCUT2D eigenvalue weighted by atomic mass is 31.0. The average molecular weight is 246 g/mol. The molecule has 0 fully saturated rings. The second-order valence-corrected chi connectivity index (χ2v) is 4.23. The van der Waals surface area contributed by atoms with Crippen LogP contribution in [-0.4, -0.2) is 14.2 Å². The minimum absolute atomic E-state index is 0.798. The first kappa shape index (κ1) is 11.9. The Labute approximate surface area is 104 Å². The second-order valence-electron chi connectivity index (χ2n) is 3.66. The zero-order valence-electron chi connectivity index (χ0n) is 9.94. The number of benzene rings is 2. The third kappa shape index (κ3) is 2.42. The molecule has 2 nitrogen and oxygen atoms in total. The van der Waals surface area contributed by atoms with Gasteiger partial charge in [0.1, 0.15) is 11.5 Å². The first-order valence-corrected chi connectivity index (χ1v) is 5.91. The standard InChI is InChI=1S/C14H15O2P/c1-15-11-8-12(10-6-4-3-5-7-10)14(17)13(9-11)16-2/h3-9H,17H2,1-2H3. The summed E-state index contributed by atoms with van der Waals surface area (Å²) in [4.78, 5) is 0. The summed E-state index contributed by atoms with van der Waals surface area (Å²) >= 11 is 0. The van der Waals surface area contributed by atoms with Crippen LogP contribution in [-0.2, 0) is 0 Å². The Kier molecular flexibility index (Phi) is 3.65. The molecule has 0 amide bonds. The van der Waals surface area contributed by atoms with Crippen molar-refractivity contribution in [3.63, 3.8) is 0 Å². The Bertz CT molecular complexity index is 509. The van der Waals surface area contributed by atoms with Crippen molar-refractivity contribution in [1.29, 1.82) is 0 Å². The van der Waals surface area contributed by atoms with E-state index in [4.69, 9.17) is 9.47 Å². The number of methoxy groups -OCH3 is 2. The normalized spacial score (nSPS) is 10.1. The number of hydrogen-bond acceptors (Lipinski definition) is 2. The first-order chi connectivity index (χ1) is 8.26. The molecule has 0 spiro atoms. The van der Waals surface area contributed by atoms with Crippen LogP contribution in [0.5, 0.6) is 11.5 Å². The van der Waals surface area contributed by atoms with Gasteiger partial charge in [0.05, 0.1) is 14.2 Å². The summed E-state index contributed by atoms with van der Waals surface area (Å²) in [5, 5.41) is 1.04. The largest absolute Gasteiger partial charge is 0.497 e. The maximum atomic E-state index is 5.35. The molecule has 3 heteroatoms. The van der Waals surface area contributed by atoms with Gasteiger partial charge in [0, 0.05) is 11.4 Å². The van der Waals surface area contributed by atoms with Gasteiger partial charge in [0.25, 0.3) is 0 Å². The van der Waals surface area contributed by atoms with Crippen LogP contribution < -0.4 is 14.8 Å². The summed E-state index contributed by atoms with van der Waals surface area (Å²) in [6, 6.07) is 14.1. The molecule has 1 unspecified atom stereocenters. The Morgan fingerprint density at radius 2 is 1.65 bits per heavy atom. The lowest BCUT2D eigenvalue weighted by molar-refractivity contribution is 0.397. The number of hydrogen-bond donors (Lipinski definition) is 0. The van der Waals surface area contributed by atoms with E-state index in [1.165, 1.54) is 0 Å². The van der Waals surface area contributed by atoms with Crippen molar-refractivity contribution in [1.82, 2.24) is 0 Å². The molecule has 0 aliphatic heterocycles. The van der Waals surface area contributed by atoms with E-state index >= 15 is 0 Å². The van der Waals surface area contributed by atoms with Gasteiger partial charge >= 0.3 is 0 Å².